The van der Waals surface area contributed by atoms with E-state index < -0.39 is 0 Å². The second-order valence-electron chi connectivity index (χ2n) is 3.94. The molecule has 0 aromatic carbocycles. The van der Waals surface area contributed by atoms with Gasteiger partial charge in [-0.1, -0.05) is 25.4 Å². The van der Waals surface area contributed by atoms with Crippen molar-refractivity contribution in [3.8, 4) is 0 Å². The Labute approximate surface area is 95.1 Å². The van der Waals surface area contributed by atoms with Crippen LogP contribution in [-0.2, 0) is 0 Å². The molecule has 1 amide bonds. The summed E-state index contributed by atoms with van der Waals surface area (Å²) in [4.78, 5) is 17.5. The van der Waals surface area contributed by atoms with Crippen molar-refractivity contribution >= 4 is 17.5 Å². The summed E-state index contributed by atoms with van der Waals surface area (Å²) in [5, 5.41) is 0.534. The summed E-state index contributed by atoms with van der Waals surface area (Å²) in [6.07, 6.45) is 1.54. The van der Waals surface area contributed by atoms with Crippen LogP contribution in [0, 0.1) is 5.92 Å². The van der Waals surface area contributed by atoms with E-state index in [-0.39, 0.29) is 5.91 Å². The van der Waals surface area contributed by atoms with E-state index in [4.69, 9.17) is 11.6 Å². The van der Waals surface area contributed by atoms with Crippen molar-refractivity contribution in [3.63, 3.8) is 0 Å². The molecule has 0 N–H and O–H groups in total. The Morgan fingerprint density at radius 3 is 2.80 bits per heavy atom. The van der Waals surface area contributed by atoms with E-state index in [9.17, 15) is 4.79 Å². The van der Waals surface area contributed by atoms with Gasteiger partial charge in [0.15, 0.2) is 0 Å². The summed E-state index contributed by atoms with van der Waals surface area (Å²) < 4.78 is 0. The highest BCUT2D eigenvalue weighted by Gasteiger charge is 2.13. The van der Waals surface area contributed by atoms with Gasteiger partial charge in [-0.05, 0) is 18.1 Å². The molecule has 0 saturated carbocycles. The highest BCUT2D eigenvalue weighted by atomic mass is 35.5. The van der Waals surface area contributed by atoms with Crippen LogP contribution in [0.4, 0.5) is 0 Å². The van der Waals surface area contributed by atoms with E-state index in [1.807, 2.05) is 0 Å². The number of hydrogen-bond acceptors (Lipinski definition) is 2. The Kier molecular flexibility index (Phi) is 4.09. The maximum atomic E-state index is 11.8. The van der Waals surface area contributed by atoms with Crippen LogP contribution in [0.1, 0.15) is 24.3 Å². The molecule has 0 aliphatic rings. The summed E-state index contributed by atoms with van der Waals surface area (Å²) in [7, 11) is 1.77. The van der Waals surface area contributed by atoms with Crippen LogP contribution in [0.15, 0.2) is 18.3 Å². The molecule has 4 heteroatoms. The molecule has 0 atom stereocenters. The third kappa shape index (κ3) is 3.51. The Bertz CT molecular complexity index is 352. The van der Waals surface area contributed by atoms with Crippen molar-refractivity contribution in [3.05, 3.63) is 29.0 Å². The van der Waals surface area contributed by atoms with Gasteiger partial charge in [-0.25, -0.2) is 0 Å². The van der Waals surface area contributed by atoms with E-state index >= 15 is 0 Å². The number of carbonyl (C=O) groups excluding carboxylic acids is 1. The molecular formula is C11H15ClN2O. The largest absolute Gasteiger partial charge is 0.340 e. The lowest BCUT2D eigenvalue weighted by atomic mass is 10.2. The minimum Gasteiger partial charge on any atom is -0.340 e. The zero-order valence-corrected chi connectivity index (χ0v) is 9.95. The average molecular weight is 227 g/mol. The van der Waals surface area contributed by atoms with E-state index in [1.165, 1.54) is 0 Å². The molecule has 0 spiro atoms. The summed E-state index contributed by atoms with van der Waals surface area (Å²) in [6.45, 7) is 4.84. The fourth-order valence-corrected chi connectivity index (χ4v) is 1.51. The third-order valence-corrected chi connectivity index (χ3v) is 2.16. The van der Waals surface area contributed by atoms with Gasteiger partial charge in [0.1, 0.15) is 5.69 Å². The molecule has 3 nitrogen and oxygen atoms in total. The Morgan fingerprint density at radius 2 is 2.27 bits per heavy atom. The molecule has 0 fully saturated rings. The lowest BCUT2D eigenvalue weighted by molar-refractivity contribution is 0.0773. The number of hydrogen-bond donors (Lipinski definition) is 0. The number of carbonyl (C=O) groups is 1. The lowest BCUT2D eigenvalue weighted by Crippen LogP contribution is -2.30. The van der Waals surface area contributed by atoms with Gasteiger partial charge in [0.05, 0.1) is 0 Å². The van der Waals surface area contributed by atoms with Gasteiger partial charge in [-0.2, -0.15) is 0 Å². The number of pyridine rings is 1. The molecule has 0 aliphatic carbocycles. The second kappa shape index (κ2) is 5.12. The zero-order valence-electron chi connectivity index (χ0n) is 9.20. The first-order valence-electron chi connectivity index (χ1n) is 4.87. The van der Waals surface area contributed by atoms with Gasteiger partial charge in [0, 0.05) is 24.8 Å². The van der Waals surface area contributed by atoms with Crippen molar-refractivity contribution in [2.24, 2.45) is 5.92 Å². The predicted octanol–water partition coefficient (Wildman–Crippen LogP) is 2.46. The molecule has 0 aliphatic heterocycles. The standard InChI is InChI=1S/C11H15ClN2O/c1-8(2)7-14(3)11(15)10-6-9(12)4-5-13-10/h4-6,8H,7H2,1-3H3. The van der Waals surface area contributed by atoms with E-state index in [0.717, 1.165) is 0 Å². The quantitative estimate of drug-likeness (QED) is 0.793. The van der Waals surface area contributed by atoms with Gasteiger partial charge in [-0.15, -0.1) is 0 Å². The number of rotatable bonds is 3. The Balaban J connectivity index is 2.76. The SMILES string of the molecule is CC(C)CN(C)C(=O)c1cc(Cl)ccn1. The first-order valence-corrected chi connectivity index (χ1v) is 5.25. The highest BCUT2D eigenvalue weighted by Crippen LogP contribution is 2.10. The van der Waals surface area contributed by atoms with Crippen molar-refractivity contribution in [2.75, 3.05) is 13.6 Å². The number of nitrogens with zero attached hydrogens (tertiary/aromatic N) is 2. The minimum absolute atomic E-state index is 0.0915. The van der Waals surface area contributed by atoms with Crippen molar-refractivity contribution in [1.82, 2.24) is 9.88 Å². The fraction of sp³-hybridized carbons (Fsp3) is 0.455. The normalized spacial score (nSPS) is 10.5. The topological polar surface area (TPSA) is 33.2 Å². The third-order valence-electron chi connectivity index (χ3n) is 1.93. The summed E-state index contributed by atoms with van der Waals surface area (Å²) >= 11 is 5.79. The van der Waals surface area contributed by atoms with Crippen LogP contribution in [0.5, 0.6) is 0 Å². The molecule has 0 saturated heterocycles. The van der Waals surface area contributed by atoms with Gasteiger partial charge in [-0.3, -0.25) is 9.78 Å². The average Bonchev–Trinajstić information content (AvgIpc) is 2.15. The van der Waals surface area contributed by atoms with Crippen molar-refractivity contribution in [2.45, 2.75) is 13.8 Å². The van der Waals surface area contributed by atoms with Crippen LogP contribution in [0.2, 0.25) is 5.02 Å². The predicted molar refractivity (Wildman–Crippen MR) is 61.0 cm³/mol. The smallest absolute Gasteiger partial charge is 0.272 e. The highest BCUT2D eigenvalue weighted by molar-refractivity contribution is 6.30. The number of aromatic nitrogens is 1. The summed E-state index contributed by atoms with van der Waals surface area (Å²) in [6, 6.07) is 3.24. The van der Waals surface area contributed by atoms with Gasteiger partial charge < -0.3 is 4.90 Å². The molecule has 1 aromatic heterocycles. The monoisotopic (exact) mass is 226 g/mol. The van der Waals surface area contributed by atoms with Gasteiger partial charge in [0.25, 0.3) is 5.91 Å². The maximum absolute atomic E-state index is 11.8. The molecule has 0 radical (unpaired) electrons. The molecule has 1 heterocycles. The number of halogens is 1. The molecule has 82 valence electrons. The van der Waals surface area contributed by atoms with E-state index in [1.54, 1.807) is 30.3 Å². The van der Waals surface area contributed by atoms with Crippen LogP contribution < -0.4 is 0 Å². The zero-order chi connectivity index (χ0) is 11.4. The molecule has 0 bridgehead atoms. The lowest BCUT2D eigenvalue weighted by Gasteiger charge is -2.18. The maximum Gasteiger partial charge on any atom is 0.272 e. The number of amides is 1. The Morgan fingerprint density at radius 1 is 1.60 bits per heavy atom. The van der Waals surface area contributed by atoms with E-state index in [2.05, 4.69) is 18.8 Å². The van der Waals surface area contributed by atoms with Crippen molar-refractivity contribution < 1.29 is 4.79 Å². The van der Waals surface area contributed by atoms with Crippen LogP contribution in [0.3, 0.4) is 0 Å². The first-order chi connectivity index (χ1) is 7.00. The van der Waals surface area contributed by atoms with Crippen LogP contribution in [-0.4, -0.2) is 29.4 Å². The van der Waals surface area contributed by atoms with Crippen LogP contribution in [0.25, 0.3) is 0 Å². The Hall–Kier alpha value is -1.09. The van der Waals surface area contributed by atoms with Crippen molar-refractivity contribution in [1.29, 1.82) is 0 Å². The molecular weight excluding hydrogens is 212 g/mol. The molecule has 15 heavy (non-hydrogen) atoms. The van der Waals surface area contributed by atoms with Gasteiger partial charge >= 0.3 is 0 Å². The van der Waals surface area contributed by atoms with Crippen LogP contribution >= 0.6 is 11.6 Å². The van der Waals surface area contributed by atoms with E-state index in [0.29, 0.717) is 23.2 Å². The molecule has 1 aromatic rings. The molecule has 0 unspecified atom stereocenters. The molecule has 1 rings (SSSR count). The van der Waals surface area contributed by atoms with Gasteiger partial charge in [0.2, 0.25) is 0 Å². The first kappa shape index (κ1) is 12.0. The fourth-order valence-electron chi connectivity index (χ4n) is 1.35. The second-order valence-corrected chi connectivity index (χ2v) is 4.38. The summed E-state index contributed by atoms with van der Waals surface area (Å²) in [5.41, 5.74) is 0.394. The minimum atomic E-state index is -0.0915. The summed E-state index contributed by atoms with van der Waals surface area (Å²) in [5.74, 6) is 0.351.